The van der Waals surface area contributed by atoms with E-state index in [9.17, 15) is 4.79 Å². The van der Waals surface area contributed by atoms with Gasteiger partial charge in [-0.1, -0.05) is 30.0 Å². The molecule has 0 fully saturated rings. The van der Waals surface area contributed by atoms with E-state index in [0.717, 1.165) is 27.7 Å². The zero-order valence-electron chi connectivity index (χ0n) is 16.0. The van der Waals surface area contributed by atoms with Crippen molar-refractivity contribution in [1.82, 2.24) is 14.8 Å². The van der Waals surface area contributed by atoms with Crippen LogP contribution in [0.3, 0.4) is 0 Å². The summed E-state index contributed by atoms with van der Waals surface area (Å²) in [4.78, 5) is 21.4. The molecule has 0 spiro atoms. The molecule has 4 rings (SSSR count). The van der Waals surface area contributed by atoms with E-state index >= 15 is 0 Å². The molecule has 7 heteroatoms. The number of H-pyrrole nitrogens is 1. The van der Waals surface area contributed by atoms with Gasteiger partial charge < -0.3 is 4.74 Å². The highest BCUT2D eigenvalue weighted by molar-refractivity contribution is 8.14. The van der Waals surface area contributed by atoms with E-state index in [1.54, 1.807) is 24.2 Å². The largest absolute Gasteiger partial charge is 0.489 e. The third kappa shape index (κ3) is 3.62. The molecule has 144 valence electrons. The normalized spacial score (nSPS) is 16.0. The van der Waals surface area contributed by atoms with E-state index in [-0.39, 0.29) is 16.9 Å². The van der Waals surface area contributed by atoms with Gasteiger partial charge in [-0.3, -0.25) is 19.6 Å². The number of rotatable bonds is 5. The number of nitrogens with zero attached hydrogens (tertiary/aromatic N) is 3. The smallest absolute Gasteiger partial charge is 0.271 e. The van der Waals surface area contributed by atoms with Crippen molar-refractivity contribution in [3.63, 3.8) is 0 Å². The van der Waals surface area contributed by atoms with Crippen LogP contribution in [0.15, 0.2) is 58.6 Å². The van der Waals surface area contributed by atoms with Crippen LogP contribution in [0.5, 0.6) is 5.75 Å². The van der Waals surface area contributed by atoms with Gasteiger partial charge in [-0.2, -0.15) is 0 Å². The predicted octanol–water partition coefficient (Wildman–Crippen LogP) is 4.62. The summed E-state index contributed by atoms with van der Waals surface area (Å²) in [7, 11) is 0. The number of hydrogen-bond acceptors (Lipinski definition) is 5. The molecule has 0 saturated heterocycles. The molecular weight excluding hydrogens is 372 g/mol. The van der Waals surface area contributed by atoms with Gasteiger partial charge in [-0.25, -0.2) is 4.99 Å². The van der Waals surface area contributed by atoms with Crippen molar-refractivity contribution >= 4 is 22.6 Å². The van der Waals surface area contributed by atoms with Crippen molar-refractivity contribution < 1.29 is 4.74 Å². The van der Waals surface area contributed by atoms with Gasteiger partial charge in [-0.15, -0.1) is 0 Å². The lowest BCUT2D eigenvalue weighted by Gasteiger charge is -2.22. The van der Waals surface area contributed by atoms with Crippen LogP contribution in [-0.4, -0.2) is 19.8 Å². The van der Waals surface area contributed by atoms with Crippen molar-refractivity contribution in [1.29, 1.82) is 0 Å². The molecule has 28 heavy (non-hydrogen) atoms. The van der Waals surface area contributed by atoms with Gasteiger partial charge in [0.05, 0.1) is 15.9 Å². The van der Waals surface area contributed by atoms with Crippen LogP contribution in [0.25, 0.3) is 0 Å². The first kappa shape index (κ1) is 18.6. The molecule has 0 unspecified atom stereocenters. The van der Waals surface area contributed by atoms with Crippen molar-refractivity contribution in [3.8, 4) is 5.75 Å². The molecule has 0 saturated carbocycles. The number of pyridine rings is 1. The zero-order chi connectivity index (χ0) is 19.7. The van der Waals surface area contributed by atoms with Gasteiger partial charge in [0, 0.05) is 24.0 Å². The maximum absolute atomic E-state index is 12.7. The minimum absolute atomic E-state index is 0.0841. The SMILES string of the molecule is CC1=Nc2c(c(=O)[nH]n2C(C)C)[C@H](c2cccc(OCc3cccnc3)c2)S1. The molecular formula is C21H22N4O2S. The number of nitrogens with one attached hydrogen (secondary N) is 1. The lowest BCUT2D eigenvalue weighted by Crippen LogP contribution is -2.13. The van der Waals surface area contributed by atoms with Crippen molar-refractivity contribution in [2.45, 2.75) is 38.7 Å². The molecule has 3 heterocycles. The van der Waals surface area contributed by atoms with Crippen LogP contribution in [0.1, 0.15) is 48.8 Å². The van der Waals surface area contributed by atoms with Gasteiger partial charge in [0.1, 0.15) is 12.4 Å². The Balaban J connectivity index is 1.65. The molecule has 1 N–H and O–H groups in total. The first-order chi connectivity index (χ1) is 13.5. The fraction of sp³-hybridized carbons (Fsp3) is 0.286. The molecule has 0 aliphatic carbocycles. The maximum Gasteiger partial charge on any atom is 0.271 e. The number of benzene rings is 1. The number of hydrogen-bond donors (Lipinski definition) is 1. The Labute approximate surface area is 167 Å². The van der Waals surface area contributed by atoms with Gasteiger partial charge in [0.15, 0.2) is 5.82 Å². The van der Waals surface area contributed by atoms with Crippen LogP contribution in [0.2, 0.25) is 0 Å². The minimum Gasteiger partial charge on any atom is -0.489 e. The van der Waals surface area contributed by atoms with E-state index in [4.69, 9.17) is 4.74 Å². The molecule has 3 aromatic rings. The summed E-state index contributed by atoms with van der Waals surface area (Å²) in [6, 6.07) is 11.9. The van der Waals surface area contributed by atoms with Crippen molar-refractivity contribution in [2.24, 2.45) is 4.99 Å². The first-order valence-electron chi connectivity index (χ1n) is 9.21. The van der Waals surface area contributed by atoms with Crippen LogP contribution in [-0.2, 0) is 6.61 Å². The molecule has 2 aromatic heterocycles. The second kappa shape index (κ2) is 7.67. The average molecular weight is 395 g/mol. The quantitative estimate of drug-likeness (QED) is 0.685. The number of fused-ring (bicyclic) bond motifs is 1. The van der Waals surface area contributed by atoms with E-state index in [1.165, 1.54) is 0 Å². The minimum atomic E-state index is -0.113. The Bertz CT molecular complexity index is 1070. The zero-order valence-corrected chi connectivity index (χ0v) is 16.9. The molecule has 6 nitrogen and oxygen atoms in total. The van der Waals surface area contributed by atoms with Crippen LogP contribution in [0, 0.1) is 0 Å². The van der Waals surface area contributed by atoms with Crippen LogP contribution >= 0.6 is 11.8 Å². The fourth-order valence-electron chi connectivity index (χ4n) is 3.24. The Morgan fingerprint density at radius 1 is 1.29 bits per heavy atom. The van der Waals surface area contributed by atoms with E-state index < -0.39 is 0 Å². The second-order valence-electron chi connectivity index (χ2n) is 6.99. The number of aliphatic imine (C=N–C) groups is 1. The van der Waals surface area contributed by atoms with Gasteiger partial charge in [0.2, 0.25) is 0 Å². The summed E-state index contributed by atoms with van der Waals surface area (Å²) in [5, 5.41) is 3.76. The maximum atomic E-state index is 12.7. The monoisotopic (exact) mass is 394 g/mol. The number of aromatic amines is 1. The highest BCUT2D eigenvalue weighted by Gasteiger charge is 2.30. The molecule has 0 radical (unpaired) electrons. The summed E-state index contributed by atoms with van der Waals surface area (Å²) >= 11 is 1.60. The Kier molecular flexibility index (Phi) is 5.09. The van der Waals surface area contributed by atoms with E-state index in [0.29, 0.717) is 12.2 Å². The molecule has 0 bridgehead atoms. The second-order valence-corrected chi connectivity index (χ2v) is 8.29. The van der Waals surface area contributed by atoms with Crippen LogP contribution in [0.4, 0.5) is 5.82 Å². The topological polar surface area (TPSA) is 72.3 Å². The summed E-state index contributed by atoms with van der Waals surface area (Å²) in [6.45, 7) is 6.49. The molecule has 1 aromatic carbocycles. The first-order valence-corrected chi connectivity index (χ1v) is 10.1. The molecule has 1 atom stereocenters. The Morgan fingerprint density at radius 2 is 2.14 bits per heavy atom. The molecule has 1 aliphatic rings. The molecule has 0 amide bonds. The number of aromatic nitrogens is 3. The Morgan fingerprint density at radius 3 is 2.89 bits per heavy atom. The lowest BCUT2D eigenvalue weighted by molar-refractivity contribution is 0.305. The standard InChI is InChI=1S/C21H22N4O2S/c1-13(2)25-20-18(21(26)24-25)19(28-14(3)23-20)16-7-4-8-17(10-16)27-12-15-6-5-9-22-11-15/h4-11,13,19H,12H2,1-3H3,(H,24,26)/t19-/m0/s1. The highest BCUT2D eigenvalue weighted by Crippen LogP contribution is 2.44. The number of ether oxygens (including phenoxy) is 1. The van der Waals surface area contributed by atoms with E-state index in [2.05, 4.69) is 15.1 Å². The summed E-state index contributed by atoms with van der Waals surface area (Å²) in [6.07, 6.45) is 3.54. The van der Waals surface area contributed by atoms with Gasteiger partial charge >= 0.3 is 0 Å². The fourth-order valence-corrected chi connectivity index (χ4v) is 4.33. The van der Waals surface area contributed by atoms with Crippen molar-refractivity contribution in [2.75, 3.05) is 0 Å². The molecule has 1 aliphatic heterocycles. The summed E-state index contributed by atoms with van der Waals surface area (Å²) in [5.41, 5.74) is 2.65. The summed E-state index contributed by atoms with van der Waals surface area (Å²) in [5.74, 6) is 1.49. The average Bonchev–Trinajstić information content (AvgIpc) is 3.03. The van der Waals surface area contributed by atoms with E-state index in [1.807, 2.05) is 61.9 Å². The van der Waals surface area contributed by atoms with Gasteiger partial charge in [-0.05, 0) is 44.5 Å². The highest BCUT2D eigenvalue weighted by atomic mass is 32.2. The van der Waals surface area contributed by atoms with Crippen LogP contribution < -0.4 is 10.3 Å². The number of thioether (sulfide) groups is 1. The summed E-state index contributed by atoms with van der Waals surface area (Å²) < 4.78 is 7.79. The predicted molar refractivity (Wildman–Crippen MR) is 113 cm³/mol. The van der Waals surface area contributed by atoms with Crippen molar-refractivity contribution in [3.05, 3.63) is 75.8 Å². The lowest BCUT2D eigenvalue weighted by atomic mass is 10.1. The third-order valence-corrected chi connectivity index (χ3v) is 5.73. The van der Waals surface area contributed by atoms with Gasteiger partial charge in [0.25, 0.3) is 5.56 Å². The Hall–Kier alpha value is -2.80. The third-order valence-electron chi connectivity index (χ3n) is 4.56.